The first-order valence-electron chi connectivity index (χ1n) is 0.535. The van der Waals surface area contributed by atoms with Gasteiger partial charge in [0.25, 0.3) is 0 Å². The molecular formula is CH2Br2Cl2Mg. The van der Waals surface area contributed by atoms with Gasteiger partial charge < -0.3 is 34.0 Å². The second-order valence-electron chi connectivity index (χ2n) is 0.101. The molecule has 0 nitrogen and oxygen atoms in total. The van der Waals surface area contributed by atoms with Crippen molar-refractivity contribution in [1.29, 1.82) is 0 Å². The van der Waals surface area contributed by atoms with Gasteiger partial charge in [-0.25, -0.2) is 0 Å². The van der Waals surface area contributed by atoms with Gasteiger partial charge in [-0.2, -0.15) is 0 Å². The monoisotopic (exact) mass is 266 g/mol. The Morgan fingerprint density at radius 1 is 1.00 bits per heavy atom. The molecule has 0 fully saturated rings. The maximum absolute atomic E-state index is 4.76. The maximum Gasteiger partial charge on any atom is 2.00 e. The minimum absolute atomic E-state index is 0. The van der Waals surface area contributed by atoms with E-state index >= 15 is 0 Å². The Bertz CT molecular complexity index is 11.5. The average molecular weight is 269 g/mol. The van der Waals surface area contributed by atoms with E-state index in [4.69, 9.17) is 23.2 Å². The molecule has 0 saturated heterocycles. The molecule has 0 rings (SSSR count). The Hall–Kier alpha value is 2.31. The Labute approximate surface area is 84.6 Å². The van der Waals surface area contributed by atoms with E-state index in [-0.39, 0.29) is 62.4 Å². The summed E-state index contributed by atoms with van der Waals surface area (Å²) in [6, 6.07) is 0. The van der Waals surface area contributed by atoms with Gasteiger partial charge in [-0.15, -0.1) is 23.2 Å². The third-order valence-electron chi connectivity index (χ3n) is 0. The van der Waals surface area contributed by atoms with Crippen LogP contribution in [0.5, 0.6) is 0 Å². The third kappa shape index (κ3) is 33.4. The van der Waals surface area contributed by atoms with Gasteiger partial charge in [0.2, 0.25) is 0 Å². The molecule has 5 heteroatoms. The van der Waals surface area contributed by atoms with Crippen LogP contribution in [0.1, 0.15) is 0 Å². The van der Waals surface area contributed by atoms with E-state index in [1.807, 2.05) is 0 Å². The number of hydrogen-bond acceptors (Lipinski definition) is 0. The van der Waals surface area contributed by atoms with Crippen molar-refractivity contribution < 1.29 is 34.0 Å². The molecule has 0 atom stereocenters. The zero-order valence-corrected chi connectivity index (χ0v) is 9.02. The van der Waals surface area contributed by atoms with Gasteiger partial charge in [-0.1, -0.05) is 0 Å². The summed E-state index contributed by atoms with van der Waals surface area (Å²) in [5.74, 6) is 0. The van der Waals surface area contributed by atoms with Crippen molar-refractivity contribution in [3.05, 3.63) is 0 Å². The Balaban J connectivity index is -0.00000000667. The SMILES string of the molecule is ClCCl.[Br-].[Br-].[Mg+2]. The van der Waals surface area contributed by atoms with Crippen LogP contribution in [-0.4, -0.2) is 28.4 Å². The minimum atomic E-state index is 0. The van der Waals surface area contributed by atoms with Gasteiger partial charge in [-0.05, 0) is 0 Å². The topological polar surface area (TPSA) is 0 Å². The molecule has 0 radical (unpaired) electrons. The van der Waals surface area contributed by atoms with Crippen LogP contribution in [0.3, 0.4) is 0 Å². The van der Waals surface area contributed by atoms with Gasteiger partial charge in [0.05, 0.1) is 5.34 Å². The number of rotatable bonds is 0. The zero-order valence-electron chi connectivity index (χ0n) is 2.93. The van der Waals surface area contributed by atoms with Crippen LogP contribution >= 0.6 is 23.2 Å². The van der Waals surface area contributed by atoms with Crippen LogP contribution in [0.15, 0.2) is 0 Å². The molecule has 0 heterocycles. The zero-order chi connectivity index (χ0) is 2.71. The van der Waals surface area contributed by atoms with Crippen LogP contribution in [0, 0.1) is 0 Å². The first-order chi connectivity index (χ1) is 1.41. The summed E-state index contributed by atoms with van der Waals surface area (Å²) in [5, 5.41) is 0.194. The first kappa shape index (κ1) is 23.9. The summed E-state index contributed by atoms with van der Waals surface area (Å²) < 4.78 is 0. The first-order valence-corrected chi connectivity index (χ1v) is 1.60. The molecule has 0 unspecified atom stereocenters. The van der Waals surface area contributed by atoms with Crippen LogP contribution in [0.4, 0.5) is 0 Å². The summed E-state index contributed by atoms with van der Waals surface area (Å²) in [4.78, 5) is 0. The summed E-state index contributed by atoms with van der Waals surface area (Å²) in [6.45, 7) is 0. The molecule has 0 aromatic rings. The fourth-order valence-electron chi connectivity index (χ4n) is 0. The van der Waals surface area contributed by atoms with Crippen LogP contribution < -0.4 is 34.0 Å². The molecule has 0 N–H and O–H groups in total. The molecule has 6 heavy (non-hydrogen) atoms. The summed E-state index contributed by atoms with van der Waals surface area (Å²) in [5.41, 5.74) is 0. The second kappa shape index (κ2) is 26.6. The van der Waals surface area contributed by atoms with E-state index in [9.17, 15) is 0 Å². The molecule has 0 aliphatic rings. The number of alkyl halides is 2. The van der Waals surface area contributed by atoms with E-state index in [2.05, 4.69) is 0 Å². The van der Waals surface area contributed by atoms with Crippen LogP contribution in [0.25, 0.3) is 0 Å². The Morgan fingerprint density at radius 3 is 1.00 bits per heavy atom. The van der Waals surface area contributed by atoms with E-state index < -0.39 is 0 Å². The quantitative estimate of drug-likeness (QED) is 0.305. The van der Waals surface area contributed by atoms with Crippen molar-refractivity contribution in [3.8, 4) is 0 Å². The van der Waals surface area contributed by atoms with Crippen molar-refractivity contribution in [2.45, 2.75) is 0 Å². The van der Waals surface area contributed by atoms with E-state index in [0.29, 0.717) is 0 Å². The molecule has 0 aromatic carbocycles. The van der Waals surface area contributed by atoms with Crippen LogP contribution in [0.2, 0.25) is 0 Å². The molecule has 0 saturated carbocycles. The standard InChI is InChI=1S/CH2Cl2.2BrH.Mg/c2-1-3;;;/h1H2;2*1H;/q;;;+2/p-2. The van der Waals surface area contributed by atoms with E-state index in [0.717, 1.165) is 0 Å². The van der Waals surface area contributed by atoms with Gasteiger partial charge in [0, 0.05) is 0 Å². The normalized spacial score (nSPS) is 3.00. The fraction of sp³-hybridized carbons (Fsp3) is 1.00. The third-order valence-corrected chi connectivity index (χ3v) is 0. The maximum atomic E-state index is 4.76. The van der Waals surface area contributed by atoms with Crippen LogP contribution in [-0.2, 0) is 0 Å². The van der Waals surface area contributed by atoms with Crippen molar-refractivity contribution in [2.75, 3.05) is 5.34 Å². The molecule has 0 bridgehead atoms. The molecule has 0 aliphatic carbocycles. The van der Waals surface area contributed by atoms with Gasteiger partial charge in [0.15, 0.2) is 0 Å². The van der Waals surface area contributed by atoms with Crippen molar-refractivity contribution in [3.63, 3.8) is 0 Å². The summed E-state index contributed by atoms with van der Waals surface area (Å²) in [6.07, 6.45) is 0. The minimum Gasteiger partial charge on any atom is -1.00 e. The molecule has 0 aliphatic heterocycles. The average Bonchev–Trinajstić information content (AvgIpc) is 0.918. The molecule has 36 valence electrons. The largest absolute Gasteiger partial charge is 2.00 e. The van der Waals surface area contributed by atoms with Crippen molar-refractivity contribution in [1.82, 2.24) is 0 Å². The number of hydrogen-bond donors (Lipinski definition) is 0. The molecular weight excluding hydrogens is 267 g/mol. The van der Waals surface area contributed by atoms with Crippen molar-refractivity contribution in [2.24, 2.45) is 0 Å². The predicted octanol–water partition coefficient (Wildman–Crippen LogP) is -4.95. The van der Waals surface area contributed by atoms with Gasteiger partial charge >= 0.3 is 23.1 Å². The van der Waals surface area contributed by atoms with Gasteiger partial charge in [-0.3, -0.25) is 0 Å². The predicted molar refractivity (Wildman–Crippen MR) is 22.3 cm³/mol. The summed E-state index contributed by atoms with van der Waals surface area (Å²) >= 11 is 9.53. The van der Waals surface area contributed by atoms with Crippen molar-refractivity contribution >= 4 is 46.3 Å². The van der Waals surface area contributed by atoms with E-state index in [1.165, 1.54) is 0 Å². The number of halogens is 4. The fourth-order valence-corrected chi connectivity index (χ4v) is 0. The van der Waals surface area contributed by atoms with E-state index in [1.54, 1.807) is 0 Å². The molecule has 0 amide bonds. The Morgan fingerprint density at radius 2 is 1.00 bits per heavy atom. The molecule has 0 aromatic heterocycles. The van der Waals surface area contributed by atoms with Gasteiger partial charge in [0.1, 0.15) is 0 Å². The molecule has 0 spiro atoms. The second-order valence-corrected chi connectivity index (χ2v) is 0.909. The summed E-state index contributed by atoms with van der Waals surface area (Å²) in [7, 11) is 0. The Kier molecular flexibility index (Phi) is 106. The smallest absolute Gasteiger partial charge is 1.00 e.